The van der Waals surface area contributed by atoms with E-state index in [0.717, 1.165) is 100 Å². The number of allylic oxidation sites excluding steroid dienone is 4. The van der Waals surface area contributed by atoms with Crippen LogP contribution in [0.25, 0.3) is 55.6 Å². The molecule has 0 amide bonds. The Labute approximate surface area is 551 Å². The van der Waals surface area contributed by atoms with E-state index in [1.165, 1.54) is 89.1 Å². The highest BCUT2D eigenvalue weighted by molar-refractivity contribution is 6.15. The lowest BCUT2D eigenvalue weighted by atomic mass is 9.35. The second-order valence-electron chi connectivity index (χ2n) is 28.9. The SMILES string of the molecule is C[C@]12C3=C4C5=C1[C@@]1(c6ccc(CCC(=O)O)cc6)c6c7ccc8c6[C@]5(c5ccc(CCC(=O)O)cc5)c5c-8ccc6c5[C@]4(c4ccc(CCC(=O)O)cc4)c4c-6ccc5c4[C@]3(c3ccc(CCC(=O)O)cc3)c3c-5ccc4c3[C@]2(c2ccc(CCC(=O)O)cc2)c2c-4ccc-7c21. The number of benzene rings is 10. The first-order valence-corrected chi connectivity index (χ1v) is 33.6. The number of carboxylic acids is 5. The third-order valence-corrected chi connectivity index (χ3v) is 25.3. The van der Waals surface area contributed by atoms with Crippen molar-refractivity contribution in [3.05, 3.63) is 316 Å². The standard InChI is InChI=1S/C86H58O10/c1-81-79-77-78-80(81)85(50-23-8-45(9-24-50)15-40-65(93)94)72-57-32-30-55-53-28-27-52-54-29-31-56-58-33-35-60-61-36-34-59(57)74(85)76(61)86(81,51-25-10-46(11-26-51)16-41-66(95)96)75(60)73(58)84(79,49-21-6-44(7-22-49)14-39-64(91)92)71(56)69(54)82(77,47-17-2-42(3-18-47)12-37-62(87)88)67(52)68(53)83(78,70(55)72)48-19-4-43(5-20-48)13-38-63(89)90/h2-11,17-36H,12-16,37-41H2,1H3,(H,87,88)(H,89,90)(H,91,92)(H,93,94)(H,95,96)/t81-,82+,83-,84+,85-,86+. The maximum Gasteiger partial charge on any atom is 0.303 e. The van der Waals surface area contributed by atoms with E-state index in [-0.39, 0.29) is 32.1 Å². The molecule has 0 aliphatic heterocycles. The molecule has 21 rings (SSSR count). The number of rotatable bonds is 20. The Hall–Kier alpha value is -11.0. The van der Waals surface area contributed by atoms with E-state index < -0.39 is 62.3 Å². The van der Waals surface area contributed by atoms with Gasteiger partial charge in [-0.2, -0.15) is 0 Å². The highest BCUT2D eigenvalue weighted by Crippen LogP contribution is 2.93. The van der Waals surface area contributed by atoms with Gasteiger partial charge in [-0.3, -0.25) is 24.0 Å². The minimum atomic E-state index is -1.03. The molecule has 6 atom stereocenters. The van der Waals surface area contributed by atoms with Crippen LogP contribution in [0.3, 0.4) is 0 Å². The number of aryl methyl sites for hydroxylation is 5. The van der Waals surface area contributed by atoms with Gasteiger partial charge in [0, 0.05) is 37.5 Å². The Morgan fingerprint density at radius 3 is 0.667 bits per heavy atom. The van der Waals surface area contributed by atoms with Crippen LogP contribution in [0.5, 0.6) is 0 Å². The lowest BCUT2D eigenvalue weighted by Crippen LogP contribution is -2.62. The third-order valence-electron chi connectivity index (χ3n) is 25.3. The molecule has 0 spiro atoms. The van der Waals surface area contributed by atoms with Gasteiger partial charge in [0.1, 0.15) is 0 Å². The van der Waals surface area contributed by atoms with Gasteiger partial charge >= 0.3 is 29.8 Å². The van der Waals surface area contributed by atoms with Gasteiger partial charge in [-0.1, -0.05) is 189 Å². The zero-order valence-electron chi connectivity index (χ0n) is 52.2. The summed E-state index contributed by atoms with van der Waals surface area (Å²) in [6.45, 7) is 2.62. The largest absolute Gasteiger partial charge is 0.481 e. The number of hydrogen-bond acceptors (Lipinski definition) is 5. The van der Waals surface area contributed by atoms with Crippen LogP contribution < -0.4 is 0 Å². The first kappa shape index (κ1) is 54.4. The van der Waals surface area contributed by atoms with Crippen LogP contribution in [-0.2, 0) is 83.2 Å². The molecule has 0 fully saturated rings. The van der Waals surface area contributed by atoms with Gasteiger partial charge in [0.05, 0.1) is 27.1 Å². The van der Waals surface area contributed by atoms with Crippen LogP contribution in [-0.4, -0.2) is 55.4 Å². The Kier molecular flexibility index (Phi) is 9.91. The van der Waals surface area contributed by atoms with E-state index in [9.17, 15) is 49.5 Å². The molecule has 10 aromatic carbocycles. The molecule has 462 valence electrons. The second-order valence-corrected chi connectivity index (χ2v) is 28.9. The molecule has 96 heavy (non-hydrogen) atoms. The van der Waals surface area contributed by atoms with E-state index in [4.69, 9.17) is 0 Å². The van der Waals surface area contributed by atoms with Crippen LogP contribution in [0.15, 0.2) is 204 Å². The number of carbonyl (C=O) groups is 5. The number of aliphatic carboxylic acids is 5. The summed E-state index contributed by atoms with van der Waals surface area (Å²) in [7, 11) is 0. The van der Waals surface area contributed by atoms with Crippen LogP contribution in [0.4, 0.5) is 0 Å². The molecule has 0 unspecified atom stereocenters. The smallest absolute Gasteiger partial charge is 0.303 e. The summed E-state index contributed by atoms with van der Waals surface area (Å²) in [5, 5.41) is 50.6. The predicted octanol–water partition coefficient (Wildman–Crippen LogP) is 15.3. The molecular weight excluding hydrogens is 1190 g/mol. The minimum absolute atomic E-state index is 0.0163. The first-order valence-electron chi connectivity index (χ1n) is 33.6. The van der Waals surface area contributed by atoms with Crippen LogP contribution in [0.2, 0.25) is 0 Å². The monoisotopic (exact) mass is 1250 g/mol. The molecule has 0 bridgehead atoms. The fourth-order valence-electron chi connectivity index (χ4n) is 22.6. The fourth-order valence-corrected chi connectivity index (χ4v) is 22.6. The molecular formula is C86H58O10. The van der Waals surface area contributed by atoms with Crippen molar-refractivity contribution < 1.29 is 49.5 Å². The highest BCUT2D eigenvalue weighted by Gasteiger charge is 2.85. The van der Waals surface area contributed by atoms with Crippen molar-refractivity contribution in [2.45, 2.75) is 98.2 Å². The number of carboxylic acid groups (broad SMARTS) is 5. The Morgan fingerprint density at radius 2 is 0.438 bits per heavy atom. The lowest BCUT2D eigenvalue weighted by molar-refractivity contribution is -0.138. The van der Waals surface area contributed by atoms with E-state index in [1.807, 2.05) is 0 Å². The van der Waals surface area contributed by atoms with Crippen molar-refractivity contribution in [2.75, 3.05) is 0 Å². The van der Waals surface area contributed by atoms with Crippen molar-refractivity contribution in [1.82, 2.24) is 0 Å². The van der Waals surface area contributed by atoms with Gasteiger partial charge in [-0.05, 0) is 221 Å². The second kappa shape index (κ2) is 17.5. The van der Waals surface area contributed by atoms with Gasteiger partial charge in [-0.15, -0.1) is 0 Å². The van der Waals surface area contributed by atoms with Crippen LogP contribution >= 0.6 is 0 Å². The van der Waals surface area contributed by atoms with E-state index in [1.54, 1.807) is 0 Å². The molecule has 10 heteroatoms. The summed E-state index contributed by atoms with van der Waals surface area (Å²) in [6.07, 6.45) is 1.71. The molecule has 5 N–H and O–H groups in total. The minimum Gasteiger partial charge on any atom is -0.481 e. The number of hydrogen-bond donors (Lipinski definition) is 5. The number of fused-ring (bicyclic) bond motifs is 5. The normalized spacial score (nSPS) is 24.1. The Balaban J connectivity index is 1.03. The Bertz CT molecular complexity index is 5260. The summed E-state index contributed by atoms with van der Waals surface area (Å²) in [6, 6.07) is 68.8. The highest BCUT2D eigenvalue weighted by atomic mass is 16.4. The van der Waals surface area contributed by atoms with Crippen molar-refractivity contribution >= 4 is 29.8 Å². The van der Waals surface area contributed by atoms with Crippen molar-refractivity contribution in [2.24, 2.45) is 5.41 Å². The van der Waals surface area contributed by atoms with Gasteiger partial charge < -0.3 is 25.5 Å². The van der Waals surface area contributed by atoms with Gasteiger partial charge in [-0.25, -0.2) is 0 Å². The molecule has 0 heterocycles. The van der Waals surface area contributed by atoms with Crippen LogP contribution in [0.1, 0.15) is 150 Å². The molecule has 11 aliphatic carbocycles. The average Bonchev–Trinajstić information content (AvgIpc) is 1.39. The topological polar surface area (TPSA) is 186 Å². The van der Waals surface area contributed by atoms with E-state index in [2.05, 4.69) is 189 Å². The molecule has 0 radical (unpaired) electrons. The maximum atomic E-state index is 12.4. The molecule has 0 aromatic heterocycles. The molecule has 11 aliphatic rings. The summed E-state index contributed by atoms with van der Waals surface area (Å²) < 4.78 is 0. The van der Waals surface area contributed by atoms with Crippen molar-refractivity contribution in [3.63, 3.8) is 0 Å². The first-order chi connectivity index (χ1) is 46.6. The summed E-state index contributed by atoms with van der Waals surface area (Å²) >= 11 is 0. The van der Waals surface area contributed by atoms with E-state index in [0.29, 0.717) is 32.1 Å². The fraction of sp³-hybridized carbons (Fsp3) is 0.198. The Morgan fingerprint density at radius 1 is 0.250 bits per heavy atom. The van der Waals surface area contributed by atoms with Crippen molar-refractivity contribution in [1.29, 1.82) is 0 Å². The van der Waals surface area contributed by atoms with Gasteiger partial charge in [0.2, 0.25) is 0 Å². The van der Waals surface area contributed by atoms with Crippen LogP contribution in [0, 0.1) is 5.41 Å². The van der Waals surface area contributed by atoms with E-state index >= 15 is 0 Å². The summed E-state index contributed by atoms with van der Waals surface area (Å²) in [5.41, 5.74) is 33.3. The summed E-state index contributed by atoms with van der Waals surface area (Å²) in [5.74, 6) is -4.30. The molecule has 10 aromatic rings. The quantitative estimate of drug-likeness (QED) is 0.0492. The molecule has 0 saturated heterocycles. The maximum absolute atomic E-state index is 12.4. The average molecular weight is 1250 g/mol. The lowest BCUT2D eigenvalue weighted by Gasteiger charge is -2.65. The van der Waals surface area contributed by atoms with Gasteiger partial charge in [0.15, 0.2) is 0 Å². The third kappa shape index (κ3) is 5.59. The zero-order chi connectivity index (χ0) is 64.8. The predicted molar refractivity (Wildman–Crippen MR) is 361 cm³/mol. The zero-order valence-corrected chi connectivity index (χ0v) is 52.2. The molecule has 0 saturated carbocycles. The summed E-state index contributed by atoms with van der Waals surface area (Å²) in [4.78, 5) is 61.8. The molecule has 10 nitrogen and oxygen atoms in total. The van der Waals surface area contributed by atoms with Crippen molar-refractivity contribution in [3.8, 4) is 55.6 Å². The van der Waals surface area contributed by atoms with Gasteiger partial charge in [0.25, 0.3) is 0 Å².